The van der Waals surface area contributed by atoms with Crippen LogP contribution in [0.3, 0.4) is 0 Å². The van der Waals surface area contributed by atoms with E-state index in [0.717, 1.165) is 4.68 Å². The lowest BCUT2D eigenvalue weighted by Crippen LogP contribution is -2.51. The summed E-state index contributed by atoms with van der Waals surface area (Å²) in [7, 11) is -2.04. The van der Waals surface area contributed by atoms with E-state index < -0.39 is 16.4 Å². The number of carbonyl (C=O) groups is 1. The smallest absolute Gasteiger partial charge is 0.280 e. The van der Waals surface area contributed by atoms with Crippen molar-refractivity contribution in [3.63, 3.8) is 0 Å². The Morgan fingerprint density at radius 1 is 1.21 bits per heavy atom. The molecular formula is C16H22F2N6O3S. The number of rotatable bonds is 5. The number of carbonyl (C=O) groups excluding carboxylic acids is 1. The maximum Gasteiger partial charge on any atom is 0.280 e. The summed E-state index contributed by atoms with van der Waals surface area (Å²) >= 11 is 0. The number of halogens is 2. The fourth-order valence-electron chi connectivity index (χ4n) is 3.14. The van der Waals surface area contributed by atoms with Crippen LogP contribution in [-0.2, 0) is 28.4 Å². The lowest BCUT2D eigenvalue weighted by molar-refractivity contribution is -0.133. The summed E-state index contributed by atoms with van der Waals surface area (Å²) < 4.78 is 55.5. The van der Waals surface area contributed by atoms with Crippen LogP contribution < -0.4 is 0 Å². The molecule has 0 aromatic carbocycles. The molecule has 0 saturated carbocycles. The van der Waals surface area contributed by atoms with Crippen LogP contribution in [0.4, 0.5) is 8.78 Å². The molecule has 0 spiro atoms. The number of amides is 1. The fraction of sp³-hybridized carbons (Fsp3) is 0.562. The highest BCUT2D eigenvalue weighted by molar-refractivity contribution is 7.89. The normalized spacial score (nSPS) is 16.1. The maximum atomic E-state index is 13.0. The predicted molar refractivity (Wildman–Crippen MR) is 95.2 cm³/mol. The number of hydrogen-bond acceptors (Lipinski definition) is 5. The molecule has 0 radical (unpaired) electrons. The van der Waals surface area contributed by atoms with Crippen molar-refractivity contribution in [2.75, 3.05) is 26.2 Å². The van der Waals surface area contributed by atoms with E-state index in [1.807, 2.05) is 0 Å². The van der Waals surface area contributed by atoms with Gasteiger partial charge in [0.05, 0.1) is 17.6 Å². The van der Waals surface area contributed by atoms with Gasteiger partial charge >= 0.3 is 0 Å². The summed E-state index contributed by atoms with van der Waals surface area (Å²) in [5.74, 6) is -0.375. The lowest BCUT2D eigenvalue weighted by Gasteiger charge is -2.34. The van der Waals surface area contributed by atoms with Crippen LogP contribution in [0.15, 0.2) is 17.2 Å². The van der Waals surface area contributed by atoms with Gasteiger partial charge in [-0.25, -0.2) is 17.2 Å². The van der Waals surface area contributed by atoms with Gasteiger partial charge in [0.25, 0.3) is 6.43 Å². The quantitative estimate of drug-likeness (QED) is 0.716. The molecule has 0 aliphatic carbocycles. The van der Waals surface area contributed by atoms with Crippen LogP contribution in [0.5, 0.6) is 0 Å². The minimum Gasteiger partial charge on any atom is -0.338 e. The number of sulfonamides is 1. The van der Waals surface area contributed by atoms with Crippen LogP contribution >= 0.6 is 0 Å². The number of aryl methyl sites for hydroxylation is 2. The Labute approximate surface area is 161 Å². The van der Waals surface area contributed by atoms with Gasteiger partial charge in [-0.05, 0) is 19.9 Å². The van der Waals surface area contributed by atoms with Gasteiger partial charge in [-0.3, -0.25) is 14.2 Å². The Bertz CT molecular complexity index is 977. The van der Waals surface area contributed by atoms with Gasteiger partial charge in [0, 0.05) is 33.2 Å². The number of alkyl halides is 2. The van der Waals surface area contributed by atoms with E-state index in [-0.39, 0.29) is 49.2 Å². The van der Waals surface area contributed by atoms with Crippen molar-refractivity contribution in [3.8, 4) is 0 Å². The molecule has 9 nitrogen and oxygen atoms in total. The molecule has 1 aliphatic heterocycles. The van der Waals surface area contributed by atoms with E-state index in [0.29, 0.717) is 11.4 Å². The fourth-order valence-corrected chi connectivity index (χ4v) is 4.75. The molecule has 154 valence electrons. The van der Waals surface area contributed by atoms with E-state index in [2.05, 4.69) is 10.2 Å². The summed E-state index contributed by atoms with van der Waals surface area (Å²) in [5.41, 5.74) is 0.636. The van der Waals surface area contributed by atoms with Crippen molar-refractivity contribution in [2.45, 2.75) is 31.7 Å². The van der Waals surface area contributed by atoms with Crippen LogP contribution in [-0.4, -0.2) is 69.3 Å². The molecule has 0 bridgehead atoms. The van der Waals surface area contributed by atoms with Crippen molar-refractivity contribution in [2.24, 2.45) is 7.05 Å². The van der Waals surface area contributed by atoms with Crippen molar-refractivity contribution >= 4 is 15.9 Å². The molecule has 1 amide bonds. The van der Waals surface area contributed by atoms with E-state index >= 15 is 0 Å². The van der Waals surface area contributed by atoms with Crippen LogP contribution in [0, 0.1) is 13.8 Å². The lowest BCUT2D eigenvalue weighted by atomic mass is 10.3. The third-order valence-electron chi connectivity index (χ3n) is 4.84. The topological polar surface area (TPSA) is 93.3 Å². The second-order valence-corrected chi connectivity index (χ2v) is 8.58. The highest BCUT2D eigenvalue weighted by Crippen LogP contribution is 2.22. The SMILES string of the molecule is Cc1cc(C(F)F)n(CC(=O)N2CCN(S(=O)(=O)c3cnn(C)c3C)CC2)n1. The second-order valence-electron chi connectivity index (χ2n) is 6.67. The van der Waals surface area contributed by atoms with Gasteiger partial charge in [-0.2, -0.15) is 14.5 Å². The molecule has 0 atom stereocenters. The first kappa shape index (κ1) is 20.4. The van der Waals surface area contributed by atoms with Crippen LogP contribution in [0.1, 0.15) is 23.5 Å². The largest absolute Gasteiger partial charge is 0.338 e. The van der Waals surface area contributed by atoms with Gasteiger partial charge in [0.1, 0.15) is 17.1 Å². The molecule has 1 fully saturated rings. The predicted octanol–water partition coefficient (Wildman–Crippen LogP) is 0.704. The van der Waals surface area contributed by atoms with E-state index in [9.17, 15) is 22.0 Å². The first-order chi connectivity index (χ1) is 13.1. The molecule has 0 unspecified atom stereocenters. The Balaban J connectivity index is 1.65. The average Bonchev–Trinajstić information content (AvgIpc) is 3.18. The van der Waals surface area contributed by atoms with E-state index in [1.165, 1.54) is 26.2 Å². The van der Waals surface area contributed by atoms with E-state index in [4.69, 9.17) is 0 Å². The third kappa shape index (κ3) is 3.78. The Kier molecular flexibility index (Phi) is 5.53. The Hall–Kier alpha value is -2.34. The van der Waals surface area contributed by atoms with Crippen LogP contribution in [0.25, 0.3) is 0 Å². The number of hydrogen-bond donors (Lipinski definition) is 0. The van der Waals surface area contributed by atoms with Gasteiger partial charge < -0.3 is 4.90 Å². The summed E-state index contributed by atoms with van der Waals surface area (Å²) in [5, 5.41) is 7.91. The van der Waals surface area contributed by atoms with E-state index in [1.54, 1.807) is 20.9 Å². The van der Waals surface area contributed by atoms with Gasteiger partial charge in [0.15, 0.2) is 0 Å². The number of piperazine rings is 1. The molecule has 1 saturated heterocycles. The summed E-state index contributed by atoms with van der Waals surface area (Å²) in [6, 6.07) is 1.25. The Morgan fingerprint density at radius 3 is 2.39 bits per heavy atom. The highest BCUT2D eigenvalue weighted by atomic mass is 32.2. The first-order valence-corrected chi connectivity index (χ1v) is 10.1. The maximum absolute atomic E-state index is 13.0. The van der Waals surface area contributed by atoms with Crippen LogP contribution in [0.2, 0.25) is 0 Å². The van der Waals surface area contributed by atoms with Crippen molar-refractivity contribution < 1.29 is 22.0 Å². The average molecular weight is 416 g/mol. The molecule has 2 aromatic heterocycles. The molecular weight excluding hydrogens is 394 g/mol. The zero-order valence-corrected chi connectivity index (χ0v) is 16.7. The van der Waals surface area contributed by atoms with Crippen molar-refractivity contribution in [3.05, 3.63) is 29.3 Å². The van der Waals surface area contributed by atoms with Gasteiger partial charge in [-0.1, -0.05) is 0 Å². The number of aromatic nitrogens is 4. The van der Waals surface area contributed by atoms with Gasteiger partial charge in [-0.15, -0.1) is 0 Å². The third-order valence-corrected chi connectivity index (χ3v) is 6.84. The van der Waals surface area contributed by atoms with Crippen molar-refractivity contribution in [1.29, 1.82) is 0 Å². The van der Waals surface area contributed by atoms with Crippen molar-refractivity contribution in [1.82, 2.24) is 28.8 Å². The molecule has 12 heteroatoms. The number of nitrogens with zero attached hydrogens (tertiary/aromatic N) is 6. The molecule has 0 N–H and O–H groups in total. The standard InChI is InChI=1S/C16H22F2N6O3S/c1-11-8-13(16(17)18)24(20-11)10-15(25)22-4-6-23(7-5-22)28(26,27)14-9-19-21(3)12(14)2/h8-9,16H,4-7,10H2,1-3H3. The molecule has 28 heavy (non-hydrogen) atoms. The first-order valence-electron chi connectivity index (χ1n) is 8.70. The molecule has 2 aromatic rings. The highest BCUT2D eigenvalue weighted by Gasteiger charge is 2.32. The summed E-state index contributed by atoms with van der Waals surface area (Å²) in [4.78, 5) is 14.1. The minimum atomic E-state index is -3.70. The monoisotopic (exact) mass is 416 g/mol. The summed E-state index contributed by atoms with van der Waals surface area (Å²) in [6.07, 6.45) is -1.41. The minimum absolute atomic E-state index is 0.127. The molecule has 3 rings (SSSR count). The second kappa shape index (κ2) is 7.59. The summed E-state index contributed by atoms with van der Waals surface area (Å²) in [6.45, 7) is 3.57. The Morgan fingerprint density at radius 2 is 1.86 bits per heavy atom. The molecule has 3 heterocycles. The zero-order chi connectivity index (χ0) is 20.6. The van der Waals surface area contributed by atoms with Gasteiger partial charge in [0.2, 0.25) is 15.9 Å². The zero-order valence-electron chi connectivity index (χ0n) is 15.8. The molecule has 1 aliphatic rings.